The number of benzene rings is 2. The van der Waals surface area contributed by atoms with E-state index in [0.29, 0.717) is 13.0 Å². The van der Waals surface area contributed by atoms with Gasteiger partial charge in [0.25, 0.3) is 0 Å². The van der Waals surface area contributed by atoms with E-state index in [4.69, 9.17) is 4.74 Å². The van der Waals surface area contributed by atoms with Gasteiger partial charge in [-0.25, -0.2) is 4.79 Å². The van der Waals surface area contributed by atoms with Crippen LogP contribution in [0.5, 0.6) is 0 Å². The number of amides is 1. The molecule has 2 aromatic rings. The van der Waals surface area contributed by atoms with Gasteiger partial charge in [0.05, 0.1) is 0 Å². The lowest BCUT2D eigenvalue weighted by Gasteiger charge is -2.38. The van der Waals surface area contributed by atoms with Crippen molar-refractivity contribution in [2.24, 2.45) is 5.92 Å². The van der Waals surface area contributed by atoms with E-state index in [1.807, 2.05) is 60.7 Å². The minimum atomic E-state index is -0.337. The van der Waals surface area contributed by atoms with Gasteiger partial charge in [-0.2, -0.15) is 0 Å². The molecule has 4 heteroatoms. The summed E-state index contributed by atoms with van der Waals surface area (Å²) in [6.45, 7) is 0.884. The standard InChI is InChI=1S/C21H23NO3/c23-15-19-12-7-13-22(20(19)14-17-8-3-1-4-9-17)21(24)25-16-18-10-5-2-6-11-18/h1-6,8-11,15,19-20H,7,12-14,16H2. The van der Waals surface area contributed by atoms with Gasteiger partial charge in [0, 0.05) is 18.5 Å². The molecule has 0 saturated carbocycles. The van der Waals surface area contributed by atoms with Crippen molar-refractivity contribution in [3.8, 4) is 0 Å². The molecule has 1 aliphatic heterocycles. The summed E-state index contributed by atoms with van der Waals surface area (Å²) in [5.41, 5.74) is 2.08. The largest absolute Gasteiger partial charge is 0.445 e. The normalized spacial score (nSPS) is 20.1. The van der Waals surface area contributed by atoms with E-state index in [2.05, 4.69) is 0 Å². The third kappa shape index (κ3) is 4.47. The molecular formula is C21H23NO3. The van der Waals surface area contributed by atoms with Gasteiger partial charge in [-0.05, 0) is 30.4 Å². The Bertz CT molecular complexity index is 687. The Kier molecular flexibility index (Phi) is 5.83. The molecule has 1 fully saturated rings. The van der Waals surface area contributed by atoms with E-state index in [-0.39, 0.29) is 24.7 Å². The second kappa shape index (κ2) is 8.47. The summed E-state index contributed by atoms with van der Waals surface area (Å²) >= 11 is 0. The van der Waals surface area contributed by atoms with E-state index >= 15 is 0 Å². The quantitative estimate of drug-likeness (QED) is 0.779. The summed E-state index contributed by atoms with van der Waals surface area (Å²) < 4.78 is 5.50. The number of hydrogen-bond acceptors (Lipinski definition) is 3. The first kappa shape index (κ1) is 17.2. The molecule has 0 aliphatic carbocycles. The summed E-state index contributed by atoms with van der Waals surface area (Å²) in [5, 5.41) is 0. The van der Waals surface area contributed by atoms with Crippen molar-refractivity contribution < 1.29 is 14.3 Å². The molecule has 0 N–H and O–H groups in total. The van der Waals surface area contributed by atoms with Crippen molar-refractivity contribution in [1.82, 2.24) is 4.90 Å². The maximum Gasteiger partial charge on any atom is 0.410 e. The van der Waals surface area contributed by atoms with Crippen LogP contribution in [0.3, 0.4) is 0 Å². The van der Waals surface area contributed by atoms with Crippen LogP contribution in [-0.4, -0.2) is 29.9 Å². The number of carbonyl (C=O) groups excluding carboxylic acids is 2. The molecule has 130 valence electrons. The molecule has 1 heterocycles. The predicted molar refractivity (Wildman–Crippen MR) is 96.1 cm³/mol. The van der Waals surface area contributed by atoms with Gasteiger partial charge >= 0.3 is 6.09 Å². The Morgan fingerprint density at radius 2 is 1.68 bits per heavy atom. The first-order valence-corrected chi connectivity index (χ1v) is 8.74. The summed E-state index contributed by atoms with van der Waals surface area (Å²) in [6.07, 6.45) is 2.98. The highest BCUT2D eigenvalue weighted by molar-refractivity contribution is 5.69. The number of aldehydes is 1. The third-order valence-corrected chi connectivity index (χ3v) is 4.73. The van der Waals surface area contributed by atoms with Gasteiger partial charge in [0.2, 0.25) is 0 Å². The monoisotopic (exact) mass is 337 g/mol. The lowest BCUT2D eigenvalue weighted by molar-refractivity contribution is -0.114. The third-order valence-electron chi connectivity index (χ3n) is 4.73. The second-order valence-corrected chi connectivity index (χ2v) is 6.43. The minimum Gasteiger partial charge on any atom is -0.445 e. The highest BCUT2D eigenvalue weighted by atomic mass is 16.6. The summed E-state index contributed by atoms with van der Waals surface area (Å²) in [5.74, 6) is -0.141. The Hall–Kier alpha value is -2.62. The highest BCUT2D eigenvalue weighted by Crippen LogP contribution is 2.26. The fraction of sp³-hybridized carbons (Fsp3) is 0.333. The average Bonchev–Trinajstić information content (AvgIpc) is 2.68. The van der Waals surface area contributed by atoms with E-state index in [0.717, 1.165) is 30.3 Å². The number of hydrogen-bond donors (Lipinski definition) is 0. The van der Waals surface area contributed by atoms with Crippen LogP contribution in [0.2, 0.25) is 0 Å². The Morgan fingerprint density at radius 3 is 2.32 bits per heavy atom. The lowest BCUT2D eigenvalue weighted by Crippen LogP contribution is -2.50. The number of piperidine rings is 1. The van der Waals surface area contributed by atoms with Crippen LogP contribution in [0.1, 0.15) is 24.0 Å². The molecule has 0 bridgehead atoms. The first-order chi connectivity index (χ1) is 12.3. The van der Waals surface area contributed by atoms with Gasteiger partial charge in [0.1, 0.15) is 12.9 Å². The highest BCUT2D eigenvalue weighted by Gasteiger charge is 2.35. The molecule has 1 amide bonds. The van der Waals surface area contributed by atoms with Crippen LogP contribution in [0.25, 0.3) is 0 Å². The molecular weight excluding hydrogens is 314 g/mol. The number of ether oxygens (including phenoxy) is 1. The Labute approximate surface area is 148 Å². The molecule has 4 nitrogen and oxygen atoms in total. The smallest absolute Gasteiger partial charge is 0.410 e. The van der Waals surface area contributed by atoms with Crippen molar-refractivity contribution in [2.45, 2.75) is 31.9 Å². The fourth-order valence-corrected chi connectivity index (χ4v) is 3.39. The van der Waals surface area contributed by atoms with Gasteiger partial charge < -0.3 is 14.4 Å². The van der Waals surface area contributed by atoms with E-state index in [9.17, 15) is 9.59 Å². The van der Waals surface area contributed by atoms with Crippen molar-refractivity contribution in [2.75, 3.05) is 6.54 Å². The number of likely N-dealkylation sites (tertiary alicyclic amines) is 1. The average molecular weight is 337 g/mol. The molecule has 0 aromatic heterocycles. The zero-order valence-corrected chi connectivity index (χ0v) is 14.2. The van der Waals surface area contributed by atoms with Gasteiger partial charge in [-0.1, -0.05) is 60.7 Å². The van der Waals surface area contributed by atoms with Crippen molar-refractivity contribution in [1.29, 1.82) is 0 Å². The van der Waals surface area contributed by atoms with Crippen LogP contribution in [0.4, 0.5) is 4.79 Å². The maximum absolute atomic E-state index is 12.6. The predicted octanol–water partition coefficient (Wildman–Crippen LogP) is 3.85. The zero-order chi connectivity index (χ0) is 17.5. The van der Waals surface area contributed by atoms with Crippen LogP contribution in [-0.2, 0) is 22.6 Å². The molecule has 2 atom stereocenters. The molecule has 0 radical (unpaired) electrons. The minimum absolute atomic E-state index is 0.141. The second-order valence-electron chi connectivity index (χ2n) is 6.43. The zero-order valence-electron chi connectivity index (χ0n) is 14.2. The SMILES string of the molecule is O=CC1CCCN(C(=O)OCc2ccccc2)C1Cc1ccccc1. The first-order valence-electron chi connectivity index (χ1n) is 8.74. The summed E-state index contributed by atoms with van der Waals surface area (Å²) in [7, 11) is 0. The van der Waals surface area contributed by atoms with Crippen LogP contribution in [0, 0.1) is 5.92 Å². The maximum atomic E-state index is 12.6. The van der Waals surface area contributed by atoms with Crippen molar-refractivity contribution in [3.63, 3.8) is 0 Å². The molecule has 3 rings (SSSR count). The molecule has 2 unspecified atom stereocenters. The van der Waals surface area contributed by atoms with Gasteiger partial charge in [-0.15, -0.1) is 0 Å². The molecule has 1 aliphatic rings. The number of carbonyl (C=O) groups is 2. The van der Waals surface area contributed by atoms with Crippen LogP contribution < -0.4 is 0 Å². The van der Waals surface area contributed by atoms with Gasteiger partial charge in [0.15, 0.2) is 0 Å². The van der Waals surface area contributed by atoms with Crippen LogP contribution in [0.15, 0.2) is 60.7 Å². The Balaban J connectivity index is 1.69. The van der Waals surface area contributed by atoms with Crippen LogP contribution >= 0.6 is 0 Å². The van der Waals surface area contributed by atoms with E-state index < -0.39 is 0 Å². The molecule has 2 aromatic carbocycles. The number of nitrogens with zero attached hydrogens (tertiary/aromatic N) is 1. The fourth-order valence-electron chi connectivity index (χ4n) is 3.39. The topological polar surface area (TPSA) is 46.6 Å². The number of rotatable bonds is 5. The van der Waals surface area contributed by atoms with Crippen molar-refractivity contribution in [3.05, 3.63) is 71.8 Å². The summed E-state index contributed by atoms with van der Waals surface area (Å²) in [4.78, 5) is 25.9. The molecule has 1 saturated heterocycles. The van der Waals surface area contributed by atoms with Gasteiger partial charge in [-0.3, -0.25) is 0 Å². The Morgan fingerprint density at radius 1 is 1.04 bits per heavy atom. The van der Waals surface area contributed by atoms with E-state index in [1.54, 1.807) is 4.90 Å². The lowest BCUT2D eigenvalue weighted by atomic mass is 9.86. The molecule has 0 spiro atoms. The van der Waals surface area contributed by atoms with E-state index in [1.165, 1.54) is 0 Å². The van der Waals surface area contributed by atoms with Crippen molar-refractivity contribution >= 4 is 12.4 Å². The molecule has 25 heavy (non-hydrogen) atoms. The summed E-state index contributed by atoms with van der Waals surface area (Å²) in [6, 6.07) is 19.5.